The lowest BCUT2D eigenvalue weighted by Gasteiger charge is -2.13. The van der Waals surface area contributed by atoms with E-state index >= 15 is 0 Å². The zero-order chi connectivity index (χ0) is 16.4. The fraction of sp³-hybridized carbons (Fsp3) is 0.273. The minimum Gasteiger partial charge on any atom is -0.479 e. The number of nitrogens with one attached hydrogen (secondary N) is 1. The summed E-state index contributed by atoms with van der Waals surface area (Å²) in [6.45, 7) is 0. The maximum absolute atomic E-state index is 12.6. The van der Waals surface area contributed by atoms with Crippen LogP contribution in [0.5, 0.6) is 0 Å². The van der Waals surface area contributed by atoms with Gasteiger partial charge in [-0.15, -0.1) is 0 Å². The van der Waals surface area contributed by atoms with Crippen molar-refractivity contribution in [3.63, 3.8) is 0 Å². The van der Waals surface area contributed by atoms with Gasteiger partial charge in [-0.1, -0.05) is 0 Å². The first kappa shape index (κ1) is 16.8. The molecule has 4 nitrogen and oxygen atoms in total. The molecule has 0 saturated heterocycles. The molecule has 1 aromatic rings. The topological polar surface area (TPSA) is 71.5 Å². The van der Waals surface area contributed by atoms with Crippen LogP contribution in [-0.2, 0) is 17.1 Å². The maximum atomic E-state index is 12.6. The van der Waals surface area contributed by atoms with Gasteiger partial charge in [-0.25, -0.2) is 4.99 Å². The van der Waals surface area contributed by atoms with Crippen LogP contribution in [0.1, 0.15) is 11.1 Å². The number of hydrogen-bond donors (Lipinski definition) is 2. The molecule has 0 aliphatic rings. The normalized spacial score (nSPS) is 13.2. The van der Waals surface area contributed by atoms with Gasteiger partial charge in [0.25, 0.3) is 0 Å². The molecule has 0 fully saturated rings. The minimum absolute atomic E-state index is 0.0309. The summed E-state index contributed by atoms with van der Waals surface area (Å²) in [5.74, 6) is -1.33. The fourth-order valence-electron chi connectivity index (χ4n) is 1.30. The Morgan fingerprint density at radius 1 is 1.05 bits per heavy atom. The third-order valence-corrected chi connectivity index (χ3v) is 2.26. The molecule has 21 heavy (non-hydrogen) atoms. The molecule has 1 rings (SSSR count). The van der Waals surface area contributed by atoms with Gasteiger partial charge in [-0.3, -0.25) is 5.41 Å². The highest BCUT2D eigenvalue weighted by molar-refractivity contribution is 6.36. The summed E-state index contributed by atoms with van der Waals surface area (Å²) in [5, 5.41) is 7.12. The molecule has 0 saturated carbocycles. The summed E-state index contributed by atoms with van der Waals surface area (Å²) >= 11 is 0. The first-order valence-corrected chi connectivity index (χ1v) is 5.21. The lowest BCUT2D eigenvalue weighted by atomic mass is 10.1. The zero-order valence-corrected chi connectivity index (χ0v) is 10.4. The molecule has 0 atom stereocenters. The number of hydrogen-bond acceptors (Lipinski definition) is 3. The van der Waals surface area contributed by atoms with Crippen molar-refractivity contribution >= 4 is 17.4 Å². The second kappa shape index (κ2) is 5.62. The lowest BCUT2D eigenvalue weighted by molar-refractivity contribution is -0.143. The maximum Gasteiger partial charge on any atom is 0.416 e. The molecule has 0 heterocycles. The number of amidine groups is 1. The van der Waals surface area contributed by atoms with Crippen molar-refractivity contribution in [2.45, 2.75) is 12.4 Å². The second-order valence-corrected chi connectivity index (χ2v) is 3.79. The summed E-state index contributed by atoms with van der Waals surface area (Å²) in [4.78, 5) is 3.32. The van der Waals surface area contributed by atoms with Crippen LogP contribution in [0, 0.1) is 5.41 Å². The van der Waals surface area contributed by atoms with Crippen LogP contribution >= 0.6 is 0 Å². The predicted molar refractivity (Wildman–Crippen MR) is 62.5 cm³/mol. The average Bonchev–Trinajstić information content (AvgIpc) is 2.35. The molecule has 1 aromatic carbocycles. The van der Waals surface area contributed by atoms with Crippen molar-refractivity contribution in [2.75, 3.05) is 7.11 Å². The Morgan fingerprint density at radius 3 is 1.81 bits per heavy atom. The van der Waals surface area contributed by atoms with E-state index in [1.54, 1.807) is 0 Å². The lowest BCUT2D eigenvalue weighted by Crippen LogP contribution is -2.24. The molecule has 0 radical (unpaired) electrons. The molecule has 10 heteroatoms. The van der Waals surface area contributed by atoms with E-state index in [1.165, 1.54) is 0 Å². The molecule has 0 aliphatic carbocycles. The Balaban J connectivity index is 3.43. The van der Waals surface area contributed by atoms with E-state index in [9.17, 15) is 26.3 Å². The van der Waals surface area contributed by atoms with E-state index in [4.69, 9.17) is 11.1 Å². The number of methoxy groups -OCH3 is 1. The SMILES string of the molecule is COC(=N)C(N)=Nc1cc(C(F)(F)F)cc(C(F)(F)F)c1. The first-order chi connectivity index (χ1) is 9.45. The zero-order valence-electron chi connectivity index (χ0n) is 10.4. The minimum atomic E-state index is -4.98. The third kappa shape index (κ3) is 4.36. The van der Waals surface area contributed by atoms with Crippen LogP contribution in [0.15, 0.2) is 23.2 Å². The van der Waals surface area contributed by atoms with Gasteiger partial charge in [0.1, 0.15) is 0 Å². The van der Waals surface area contributed by atoms with Gasteiger partial charge in [0, 0.05) is 0 Å². The second-order valence-electron chi connectivity index (χ2n) is 3.79. The summed E-state index contributed by atoms with van der Waals surface area (Å²) < 4.78 is 79.9. The summed E-state index contributed by atoms with van der Waals surface area (Å²) in [6.07, 6.45) is -9.95. The van der Waals surface area contributed by atoms with Crippen LogP contribution in [0.25, 0.3) is 0 Å². The molecule has 0 spiro atoms. The van der Waals surface area contributed by atoms with Crippen molar-refractivity contribution < 1.29 is 31.1 Å². The monoisotopic (exact) mass is 313 g/mol. The van der Waals surface area contributed by atoms with Crippen molar-refractivity contribution in [3.8, 4) is 0 Å². The highest BCUT2D eigenvalue weighted by atomic mass is 19.4. The van der Waals surface area contributed by atoms with Crippen LogP contribution in [0.4, 0.5) is 32.0 Å². The standard InChI is InChI=1S/C11H9F6N3O/c1-21-9(19)8(18)20-7-3-5(10(12,13)14)2-6(4-7)11(15,16)17/h2-4,19H,1H3,(H2,18,20). The molecule has 0 unspecified atom stereocenters. The number of benzene rings is 1. The van der Waals surface area contributed by atoms with Crippen LogP contribution in [-0.4, -0.2) is 18.8 Å². The van der Waals surface area contributed by atoms with E-state index in [-0.39, 0.29) is 6.07 Å². The van der Waals surface area contributed by atoms with E-state index in [1.807, 2.05) is 0 Å². The van der Waals surface area contributed by atoms with Crippen LogP contribution in [0.3, 0.4) is 0 Å². The quantitative estimate of drug-likeness (QED) is 0.474. The van der Waals surface area contributed by atoms with Gasteiger partial charge < -0.3 is 10.5 Å². The molecule has 0 amide bonds. The van der Waals surface area contributed by atoms with Gasteiger partial charge in [-0.05, 0) is 18.2 Å². The number of halogens is 6. The molecule has 3 N–H and O–H groups in total. The van der Waals surface area contributed by atoms with Crippen LogP contribution < -0.4 is 5.73 Å². The number of alkyl halides is 6. The molecular formula is C11H9F6N3O. The number of ether oxygens (including phenoxy) is 1. The molecule has 116 valence electrons. The third-order valence-electron chi connectivity index (χ3n) is 2.26. The predicted octanol–water partition coefficient (Wildman–Crippen LogP) is 3.34. The Labute approximate surface area is 114 Å². The number of nitrogens with zero attached hydrogens (tertiary/aromatic N) is 1. The number of aliphatic imine (C=N–C) groups is 1. The summed E-state index contributed by atoms with van der Waals surface area (Å²) in [6, 6.07) is 0.757. The number of nitrogens with two attached hydrogens (primary N) is 1. The van der Waals surface area contributed by atoms with E-state index in [2.05, 4.69) is 9.73 Å². The van der Waals surface area contributed by atoms with Gasteiger partial charge in [0.05, 0.1) is 23.9 Å². The van der Waals surface area contributed by atoms with Gasteiger partial charge >= 0.3 is 12.4 Å². The Bertz CT molecular complexity index is 544. The smallest absolute Gasteiger partial charge is 0.416 e. The largest absolute Gasteiger partial charge is 0.479 e. The molecular weight excluding hydrogens is 304 g/mol. The molecule has 0 bridgehead atoms. The summed E-state index contributed by atoms with van der Waals surface area (Å²) in [5.41, 5.74) is 1.49. The van der Waals surface area contributed by atoms with Gasteiger partial charge in [0.15, 0.2) is 5.84 Å². The van der Waals surface area contributed by atoms with E-state index in [0.29, 0.717) is 12.1 Å². The Kier molecular flexibility index (Phi) is 4.49. The molecule has 0 aromatic heterocycles. The van der Waals surface area contributed by atoms with Crippen molar-refractivity contribution in [1.82, 2.24) is 0 Å². The Hall–Kier alpha value is -2.26. The van der Waals surface area contributed by atoms with Crippen molar-refractivity contribution in [3.05, 3.63) is 29.3 Å². The van der Waals surface area contributed by atoms with Crippen molar-refractivity contribution in [2.24, 2.45) is 10.7 Å². The highest BCUT2D eigenvalue weighted by Gasteiger charge is 2.36. The van der Waals surface area contributed by atoms with E-state index in [0.717, 1.165) is 7.11 Å². The number of rotatable bonds is 1. The summed E-state index contributed by atoms with van der Waals surface area (Å²) in [7, 11) is 1.05. The van der Waals surface area contributed by atoms with Gasteiger partial charge in [0.2, 0.25) is 5.90 Å². The van der Waals surface area contributed by atoms with Gasteiger partial charge in [-0.2, -0.15) is 26.3 Å². The first-order valence-electron chi connectivity index (χ1n) is 5.21. The Morgan fingerprint density at radius 2 is 1.48 bits per heavy atom. The average molecular weight is 313 g/mol. The molecule has 0 aliphatic heterocycles. The van der Waals surface area contributed by atoms with E-state index < -0.39 is 40.9 Å². The highest BCUT2D eigenvalue weighted by Crippen LogP contribution is 2.38. The van der Waals surface area contributed by atoms with Crippen LogP contribution in [0.2, 0.25) is 0 Å². The van der Waals surface area contributed by atoms with Crippen molar-refractivity contribution in [1.29, 1.82) is 5.41 Å². The fourth-order valence-corrected chi connectivity index (χ4v) is 1.30.